The Morgan fingerprint density at radius 2 is 2.00 bits per heavy atom. The highest BCUT2D eigenvalue weighted by molar-refractivity contribution is 5.86. The second-order valence-corrected chi connectivity index (χ2v) is 3.82. The fraction of sp³-hybridized carbons (Fsp3) is 0.889. The van der Waals surface area contributed by atoms with E-state index in [1.165, 1.54) is 6.92 Å². The Labute approximate surface area is 92.4 Å². The van der Waals surface area contributed by atoms with Crippen LogP contribution in [-0.4, -0.2) is 63.0 Å². The predicted octanol–water partition coefficient (Wildman–Crippen LogP) is -2.91. The van der Waals surface area contributed by atoms with Gasteiger partial charge in [0.2, 0.25) is 5.79 Å². The quantitative estimate of drug-likeness (QED) is 0.354. The van der Waals surface area contributed by atoms with Gasteiger partial charge < -0.3 is 30.9 Å². The van der Waals surface area contributed by atoms with Crippen LogP contribution >= 0.6 is 0 Å². The number of ether oxygens (including phenoxy) is 1. The van der Waals surface area contributed by atoms with Crippen molar-refractivity contribution in [1.82, 2.24) is 0 Å². The van der Waals surface area contributed by atoms with Gasteiger partial charge in [0.05, 0.1) is 12.6 Å². The Morgan fingerprint density at radius 1 is 1.44 bits per heavy atom. The first kappa shape index (κ1) is 13.5. The summed E-state index contributed by atoms with van der Waals surface area (Å²) in [6.07, 6.45) is -4.25. The molecule has 1 unspecified atom stereocenters. The monoisotopic (exact) mass is 235 g/mol. The molecule has 0 amide bonds. The summed E-state index contributed by atoms with van der Waals surface area (Å²) >= 11 is 0. The number of Topliss-reactive ketones (excluding diaryl/α,β-unsaturated/α-hetero) is 1. The molecule has 1 aliphatic heterocycles. The summed E-state index contributed by atoms with van der Waals surface area (Å²) in [5.74, 6) is -3.06. The first-order valence-corrected chi connectivity index (χ1v) is 5.04. The summed E-state index contributed by atoms with van der Waals surface area (Å²) in [5.41, 5.74) is 5.45. The first-order valence-electron chi connectivity index (χ1n) is 5.04. The summed E-state index contributed by atoms with van der Waals surface area (Å²) < 4.78 is 4.89. The maximum absolute atomic E-state index is 11.5. The number of ketones is 1. The lowest BCUT2D eigenvalue weighted by atomic mass is 9.88. The van der Waals surface area contributed by atoms with Gasteiger partial charge in [0.15, 0.2) is 5.78 Å². The van der Waals surface area contributed by atoms with Gasteiger partial charge in [0.25, 0.3) is 0 Å². The van der Waals surface area contributed by atoms with Crippen molar-refractivity contribution in [2.75, 3.05) is 6.61 Å². The van der Waals surface area contributed by atoms with Gasteiger partial charge in [-0.05, 0) is 0 Å². The summed E-state index contributed by atoms with van der Waals surface area (Å²) in [4.78, 5) is 11.5. The molecular weight excluding hydrogens is 218 g/mol. The van der Waals surface area contributed by atoms with Crippen LogP contribution in [0.4, 0.5) is 0 Å². The van der Waals surface area contributed by atoms with Gasteiger partial charge in [-0.15, -0.1) is 0 Å². The summed E-state index contributed by atoms with van der Waals surface area (Å²) in [7, 11) is 0. The molecule has 1 rings (SSSR count). The minimum absolute atomic E-state index is 0.0365. The zero-order valence-corrected chi connectivity index (χ0v) is 8.91. The third-order valence-electron chi connectivity index (χ3n) is 2.78. The molecule has 0 bridgehead atoms. The zero-order valence-electron chi connectivity index (χ0n) is 8.91. The number of carbonyl (C=O) groups excluding carboxylic acids is 1. The van der Waals surface area contributed by atoms with Crippen molar-refractivity contribution in [2.45, 2.75) is 43.5 Å². The van der Waals surface area contributed by atoms with Gasteiger partial charge in [-0.3, -0.25) is 4.79 Å². The van der Waals surface area contributed by atoms with E-state index in [1.807, 2.05) is 0 Å². The molecule has 0 aliphatic carbocycles. The highest BCUT2D eigenvalue weighted by Gasteiger charge is 2.54. The maximum atomic E-state index is 11.5. The van der Waals surface area contributed by atoms with Gasteiger partial charge in [-0.25, -0.2) is 0 Å². The van der Waals surface area contributed by atoms with E-state index in [4.69, 9.17) is 15.6 Å². The number of nitrogens with two attached hydrogens (primary N) is 1. The molecule has 0 spiro atoms. The van der Waals surface area contributed by atoms with E-state index < -0.39 is 42.5 Å². The number of hydrogen-bond donors (Lipinski definition) is 5. The van der Waals surface area contributed by atoms with E-state index in [-0.39, 0.29) is 6.42 Å². The SMILES string of the molecule is CCC(=O)C1(O)O[C@H](CO)[C@H](O)[C@H](O)[C@H]1N. The number of carbonyl (C=O) groups is 1. The average molecular weight is 235 g/mol. The molecule has 1 heterocycles. The van der Waals surface area contributed by atoms with E-state index in [1.54, 1.807) is 0 Å². The van der Waals surface area contributed by atoms with Crippen molar-refractivity contribution < 1.29 is 30.0 Å². The molecule has 1 saturated heterocycles. The van der Waals surface area contributed by atoms with E-state index in [2.05, 4.69) is 0 Å². The third-order valence-corrected chi connectivity index (χ3v) is 2.78. The molecule has 16 heavy (non-hydrogen) atoms. The van der Waals surface area contributed by atoms with Gasteiger partial charge >= 0.3 is 0 Å². The minimum Gasteiger partial charge on any atom is -0.394 e. The van der Waals surface area contributed by atoms with Crippen LogP contribution < -0.4 is 5.73 Å². The molecule has 7 nitrogen and oxygen atoms in total. The summed E-state index contributed by atoms with van der Waals surface area (Å²) in [5, 5.41) is 37.8. The van der Waals surface area contributed by atoms with E-state index in [0.717, 1.165) is 0 Å². The van der Waals surface area contributed by atoms with E-state index in [0.29, 0.717) is 0 Å². The van der Waals surface area contributed by atoms with Gasteiger partial charge in [0, 0.05) is 6.42 Å². The number of aliphatic hydroxyl groups is 4. The van der Waals surface area contributed by atoms with E-state index in [9.17, 15) is 20.1 Å². The summed E-state index contributed by atoms with van der Waals surface area (Å²) in [6, 6.07) is -1.45. The molecule has 0 radical (unpaired) electrons. The molecular formula is C9H17NO6. The smallest absolute Gasteiger partial charge is 0.245 e. The van der Waals surface area contributed by atoms with Crippen LogP contribution in [0.2, 0.25) is 0 Å². The van der Waals surface area contributed by atoms with Crippen LogP contribution in [-0.2, 0) is 9.53 Å². The average Bonchev–Trinajstić information content (AvgIpc) is 2.30. The van der Waals surface area contributed by atoms with Crippen molar-refractivity contribution in [1.29, 1.82) is 0 Å². The van der Waals surface area contributed by atoms with Crippen LogP contribution in [0.25, 0.3) is 0 Å². The number of rotatable bonds is 3. The van der Waals surface area contributed by atoms with Crippen molar-refractivity contribution >= 4 is 5.78 Å². The topological polar surface area (TPSA) is 133 Å². The predicted molar refractivity (Wildman–Crippen MR) is 52.2 cm³/mol. The first-order chi connectivity index (χ1) is 7.38. The normalized spacial score (nSPS) is 44.4. The van der Waals surface area contributed by atoms with Crippen molar-refractivity contribution in [3.63, 3.8) is 0 Å². The minimum atomic E-state index is -2.36. The molecule has 6 N–H and O–H groups in total. The molecule has 0 aromatic rings. The number of aliphatic hydroxyl groups excluding tert-OH is 3. The van der Waals surface area contributed by atoms with Crippen molar-refractivity contribution in [3.05, 3.63) is 0 Å². The zero-order chi connectivity index (χ0) is 12.5. The molecule has 0 aromatic heterocycles. The fourth-order valence-corrected chi connectivity index (χ4v) is 1.69. The van der Waals surface area contributed by atoms with Crippen molar-refractivity contribution in [3.8, 4) is 0 Å². The second-order valence-electron chi connectivity index (χ2n) is 3.82. The van der Waals surface area contributed by atoms with Gasteiger partial charge in [-0.2, -0.15) is 0 Å². The Bertz CT molecular complexity index is 271. The Balaban J connectivity index is 2.98. The molecule has 5 atom stereocenters. The maximum Gasteiger partial charge on any atom is 0.245 e. The molecule has 7 heteroatoms. The highest BCUT2D eigenvalue weighted by atomic mass is 16.7. The molecule has 0 aromatic carbocycles. The Kier molecular flexibility index (Phi) is 4.00. The molecule has 94 valence electrons. The number of hydrogen-bond acceptors (Lipinski definition) is 7. The van der Waals surface area contributed by atoms with Gasteiger partial charge in [0.1, 0.15) is 18.3 Å². The highest BCUT2D eigenvalue weighted by Crippen LogP contribution is 2.28. The Hall–Kier alpha value is -0.570. The lowest BCUT2D eigenvalue weighted by Gasteiger charge is -2.45. The summed E-state index contributed by atoms with van der Waals surface area (Å²) in [6.45, 7) is 0.867. The largest absolute Gasteiger partial charge is 0.394 e. The third kappa shape index (κ3) is 1.97. The van der Waals surface area contributed by atoms with Gasteiger partial charge in [-0.1, -0.05) is 6.92 Å². The Morgan fingerprint density at radius 3 is 2.44 bits per heavy atom. The van der Waals surface area contributed by atoms with Crippen LogP contribution in [0.3, 0.4) is 0 Å². The van der Waals surface area contributed by atoms with Crippen LogP contribution in [0.1, 0.15) is 13.3 Å². The van der Waals surface area contributed by atoms with Crippen molar-refractivity contribution in [2.24, 2.45) is 5.73 Å². The van der Waals surface area contributed by atoms with Crippen LogP contribution in [0, 0.1) is 0 Å². The molecule has 0 saturated carbocycles. The van der Waals surface area contributed by atoms with E-state index >= 15 is 0 Å². The lowest BCUT2D eigenvalue weighted by molar-refractivity contribution is -0.297. The molecule has 1 aliphatic rings. The standard InChI is InChI=1S/C9H17NO6/c1-2-5(12)9(15)8(10)7(14)6(13)4(3-11)16-9/h4,6-8,11,13-15H,2-3,10H2,1H3/t4-,6+,7+,8-,9?/m1/s1. The second kappa shape index (κ2) is 4.74. The fourth-order valence-electron chi connectivity index (χ4n) is 1.69. The van der Waals surface area contributed by atoms with Crippen LogP contribution in [0.5, 0.6) is 0 Å². The van der Waals surface area contributed by atoms with Crippen LogP contribution in [0.15, 0.2) is 0 Å². The molecule has 1 fully saturated rings. The lowest BCUT2D eigenvalue weighted by Crippen LogP contribution is -2.71.